The van der Waals surface area contributed by atoms with E-state index in [4.69, 9.17) is 43.4 Å². The molecule has 1 fully saturated rings. The van der Waals surface area contributed by atoms with Crippen molar-refractivity contribution in [2.24, 2.45) is 5.11 Å². The van der Waals surface area contributed by atoms with Gasteiger partial charge in [0.05, 0.1) is 33.0 Å². The number of esters is 4. The summed E-state index contributed by atoms with van der Waals surface area (Å²) >= 11 is 0. The van der Waals surface area contributed by atoms with E-state index in [0.717, 1.165) is 20.8 Å². The minimum absolute atomic E-state index is 0.0214. The van der Waals surface area contributed by atoms with Gasteiger partial charge in [0.1, 0.15) is 12.7 Å². The van der Waals surface area contributed by atoms with Crippen LogP contribution in [0.15, 0.2) is 5.11 Å². The van der Waals surface area contributed by atoms with Gasteiger partial charge in [-0.25, -0.2) is 0 Å². The first-order chi connectivity index (χ1) is 16.6. The first kappa shape index (κ1) is 30.1. The molecule has 1 aliphatic heterocycles. The zero-order valence-corrected chi connectivity index (χ0v) is 20.1. The third-order valence-electron chi connectivity index (χ3n) is 4.23. The summed E-state index contributed by atoms with van der Waals surface area (Å²) in [6, 6.07) is 0. The lowest BCUT2D eigenvalue weighted by molar-refractivity contribution is -0.309. The Morgan fingerprint density at radius 3 is 1.89 bits per heavy atom. The fraction of sp³-hybridized carbons (Fsp3) is 0.800. The number of hydrogen-bond donors (Lipinski definition) is 0. The van der Waals surface area contributed by atoms with Crippen LogP contribution in [0, 0.1) is 0 Å². The minimum atomic E-state index is -1.30. The summed E-state index contributed by atoms with van der Waals surface area (Å²) in [7, 11) is 0. The van der Waals surface area contributed by atoms with Crippen LogP contribution in [-0.4, -0.2) is 101 Å². The average Bonchev–Trinajstić information content (AvgIpc) is 2.76. The number of carbonyl (C=O) groups excluding carboxylic acids is 4. The van der Waals surface area contributed by atoms with Crippen molar-refractivity contribution in [3.05, 3.63) is 10.4 Å². The van der Waals surface area contributed by atoms with Gasteiger partial charge < -0.3 is 37.9 Å². The Bertz CT molecular complexity index is 758. The van der Waals surface area contributed by atoms with Crippen LogP contribution in [0.3, 0.4) is 0 Å². The monoisotopic (exact) mass is 505 g/mol. The van der Waals surface area contributed by atoms with E-state index in [0.29, 0.717) is 0 Å². The molecule has 1 heterocycles. The summed E-state index contributed by atoms with van der Waals surface area (Å²) in [6.45, 7) is 5.29. The molecule has 0 aromatic carbocycles. The maximum atomic E-state index is 11.8. The number of hydrogen-bond acceptors (Lipinski definition) is 13. The van der Waals surface area contributed by atoms with E-state index in [1.54, 1.807) is 0 Å². The highest BCUT2D eigenvalue weighted by molar-refractivity contribution is 5.68. The number of nitrogens with zero attached hydrogens (tertiary/aromatic N) is 3. The van der Waals surface area contributed by atoms with Crippen LogP contribution < -0.4 is 0 Å². The second-order valence-electron chi connectivity index (χ2n) is 7.12. The van der Waals surface area contributed by atoms with Crippen LogP contribution in [0.5, 0.6) is 0 Å². The summed E-state index contributed by atoms with van der Waals surface area (Å²) in [5.74, 6) is -2.80. The maximum absolute atomic E-state index is 11.8. The fourth-order valence-corrected chi connectivity index (χ4v) is 3.02. The third kappa shape index (κ3) is 12.3. The molecule has 198 valence electrons. The van der Waals surface area contributed by atoms with Gasteiger partial charge in [-0.2, -0.15) is 0 Å². The third-order valence-corrected chi connectivity index (χ3v) is 4.23. The summed E-state index contributed by atoms with van der Waals surface area (Å²) in [6.07, 6.45) is -6.20. The number of rotatable bonds is 15. The van der Waals surface area contributed by atoms with Crippen LogP contribution in [0.2, 0.25) is 0 Å². The Morgan fingerprint density at radius 2 is 1.31 bits per heavy atom. The Labute approximate surface area is 201 Å². The van der Waals surface area contributed by atoms with E-state index in [-0.39, 0.29) is 46.2 Å². The normalized spacial score (nSPS) is 23.5. The highest BCUT2D eigenvalue weighted by atomic mass is 16.7. The molecule has 0 radical (unpaired) electrons. The standard InChI is InChI=1S/C20H31N3O12/c1-12(24)31-11-16-17(32-13(2)25)18(33-14(3)26)19(34-15(4)27)20(35-16)30-10-9-29-8-7-28-6-5-22-23-21/h16-20H,5-11H2,1-4H3/t16?,17-,18-,19?,20-/m1/s1. The van der Waals surface area contributed by atoms with Gasteiger partial charge >= 0.3 is 23.9 Å². The summed E-state index contributed by atoms with van der Waals surface area (Å²) in [5.41, 5.74) is 8.18. The van der Waals surface area contributed by atoms with Gasteiger partial charge in [0.2, 0.25) is 0 Å². The lowest BCUT2D eigenvalue weighted by atomic mass is 9.98. The van der Waals surface area contributed by atoms with Crippen LogP contribution in [0.4, 0.5) is 0 Å². The van der Waals surface area contributed by atoms with Crippen LogP contribution >= 0.6 is 0 Å². The number of carbonyl (C=O) groups is 4. The van der Waals surface area contributed by atoms with Crippen LogP contribution in [0.1, 0.15) is 27.7 Å². The van der Waals surface area contributed by atoms with Gasteiger partial charge in [-0.3, -0.25) is 19.2 Å². The molecule has 0 aliphatic carbocycles. The van der Waals surface area contributed by atoms with E-state index in [1.165, 1.54) is 6.92 Å². The van der Waals surface area contributed by atoms with Crippen LogP contribution in [0.25, 0.3) is 10.4 Å². The largest absolute Gasteiger partial charge is 0.463 e. The molecular weight excluding hydrogens is 474 g/mol. The Balaban J connectivity index is 2.85. The van der Waals surface area contributed by atoms with Crippen molar-refractivity contribution in [3.8, 4) is 0 Å². The smallest absolute Gasteiger partial charge is 0.303 e. The fourth-order valence-electron chi connectivity index (χ4n) is 3.02. The SMILES string of the molecule is CC(=O)OCC1O[C@@H](OCCOCCOCCN=[N+]=[N-])C(OC(C)=O)[C@H](OC(C)=O)[C@@H]1OC(C)=O. The van der Waals surface area contributed by atoms with Gasteiger partial charge in [-0.15, -0.1) is 0 Å². The molecule has 0 saturated carbocycles. The minimum Gasteiger partial charge on any atom is -0.463 e. The zero-order valence-electron chi connectivity index (χ0n) is 20.1. The topological polar surface area (TPSA) is 191 Å². The van der Waals surface area contributed by atoms with E-state index < -0.39 is 54.6 Å². The Kier molecular flexibility index (Phi) is 14.3. The van der Waals surface area contributed by atoms with Gasteiger partial charge in [0.25, 0.3) is 0 Å². The second kappa shape index (κ2) is 16.6. The number of azide groups is 1. The second-order valence-corrected chi connectivity index (χ2v) is 7.12. The molecule has 0 aromatic rings. The summed E-state index contributed by atoms with van der Waals surface area (Å²) in [5, 5.41) is 3.33. The van der Waals surface area contributed by atoms with Crippen molar-refractivity contribution in [1.82, 2.24) is 0 Å². The zero-order chi connectivity index (χ0) is 26.2. The molecule has 5 atom stereocenters. The van der Waals surface area contributed by atoms with Crippen molar-refractivity contribution in [1.29, 1.82) is 0 Å². The number of ether oxygens (including phenoxy) is 8. The van der Waals surface area contributed by atoms with E-state index in [9.17, 15) is 19.2 Å². The lowest BCUT2D eigenvalue weighted by Crippen LogP contribution is -2.63. The molecule has 35 heavy (non-hydrogen) atoms. The molecule has 1 aliphatic rings. The highest BCUT2D eigenvalue weighted by Gasteiger charge is 2.52. The highest BCUT2D eigenvalue weighted by Crippen LogP contribution is 2.29. The molecule has 0 bridgehead atoms. The molecular formula is C20H31N3O12. The predicted molar refractivity (Wildman–Crippen MR) is 114 cm³/mol. The lowest BCUT2D eigenvalue weighted by Gasteiger charge is -2.44. The van der Waals surface area contributed by atoms with Gasteiger partial charge in [-0.1, -0.05) is 5.11 Å². The Hall–Kier alpha value is -2.97. The van der Waals surface area contributed by atoms with Gasteiger partial charge in [0.15, 0.2) is 24.6 Å². The molecule has 1 rings (SSSR count). The predicted octanol–water partition coefficient (Wildman–Crippen LogP) is 0.430. The summed E-state index contributed by atoms with van der Waals surface area (Å²) < 4.78 is 42.9. The Morgan fingerprint density at radius 1 is 0.771 bits per heavy atom. The first-order valence-corrected chi connectivity index (χ1v) is 10.7. The molecule has 0 spiro atoms. The van der Waals surface area contributed by atoms with Gasteiger partial charge in [0, 0.05) is 39.2 Å². The van der Waals surface area contributed by atoms with E-state index in [1.807, 2.05) is 0 Å². The van der Waals surface area contributed by atoms with Gasteiger partial charge in [-0.05, 0) is 5.53 Å². The summed E-state index contributed by atoms with van der Waals surface area (Å²) in [4.78, 5) is 49.1. The molecule has 2 unspecified atom stereocenters. The molecule has 15 nitrogen and oxygen atoms in total. The van der Waals surface area contributed by atoms with Crippen molar-refractivity contribution in [3.63, 3.8) is 0 Å². The van der Waals surface area contributed by atoms with Crippen molar-refractivity contribution >= 4 is 23.9 Å². The molecule has 1 saturated heterocycles. The van der Waals surface area contributed by atoms with Crippen molar-refractivity contribution in [2.75, 3.05) is 46.2 Å². The molecule has 0 N–H and O–H groups in total. The first-order valence-electron chi connectivity index (χ1n) is 10.7. The van der Waals surface area contributed by atoms with Crippen molar-refractivity contribution < 1.29 is 57.1 Å². The quantitative estimate of drug-likeness (QED) is 0.0745. The molecule has 0 aromatic heterocycles. The van der Waals surface area contributed by atoms with Crippen molar-refractivity contribution in [2.45, 2.75) is 58.4 Å². The maximum Gasteiger partial charge on any atom is 0.303 e. The average molecular weight is 505 g/mol. The molecule has 0 amide bonds. The van der Waals surface area contributed by atoms with E-state index in [2.05, 4.69) is 10.0 Å². The van der Waals surface area contributed by atoms with E-state index >= 15 is 0 Å². The van der Waals surface area contributed by atoms with Crippen LogP contribution in [-0.2, 0) is 57.1 Å². The molecule has 15 heteroatoms.